The van der Waals surface area contributed by atoms with E-state index >= 15 is 0 Å². The molecule has 9 heavy (non-hydrogen) atoms. The van der Waals surface area contributed by atoms with Gasteiger partial charge in [-0.3, -0.25) is 0 Å². The monoisotopic (exact) mass is 160 g/mol. The highest BCUT2D eigenvalue weighted by Crippen LogP contribution is 2.18. The van der Waals surface area contributed by atoms with Crippen LogP contribution in [0.2, 0.25) is 0 Å². The summed E-state index contributed by atoms with van der Waals surface area (Å²) in [4.78, 5) is 0.837. The molecule has 0 unspecified atom stereocenters. The molecule has 2 nitrogen and oxygen atoms in total. The van der Waals surface area contributed by atoms with E-state index in [0.717, 1.165) is 0 Å². The summed E-state index contributed by atoms with van der Waals surface area (Å²) in [7, 11) is 0. The molecule has 3 N–H and O–H groups in total. The zero-order valence-electron chi connectivity index (χ0n) is 4.89. The van der Waals surface area contributed by atoms with Crippen molar-refractivity contribution in [3.8, 4) is 0 Å². The fourth-order valence-electron chi connectivity index (χ4n) is 0.484. The number of hydrogen-bond donors (Lipinski definition) is 2. The largest absolute Gasteiger partial charge is 0.388 e. The van der Waals surface area contributed by atoms with Gasteiger partial charge in [-0.05, 0) is 12.8 Å². The van der Waals surface area contributed by atoms with Gasteiger partial charge in [-0.2, -0.15) is 0 Å². The predicted molar refractivity (Wildman–Crippen MR) is 45.5 cm³/mol. The summed E-state index contributed by atoms with van der Waals surface area (Å²) >= 11 is 9.46. The Bertz CT molecular complexity index is 151. The van der Waals surface area contributed by atoms with Crippen molar-refractivity contribution < 1.29 is 0 Å². The van der Waals surface area contributed by atoms with Crippen molar-refractivity contribution in [3.63, 3.8) is 0 Å². The molecule has 0 spiro atoms. The van der Waals surface area contributed by atoms with Gasteiger partial charge in [-0.25, -0.2) is 0 Å². The molecule has 0 saturated heterocycles. The number of thiocarbonyl (C=S) groups is 2. The minimum absolute atomic E-state index is 0.303. The Labute approximate surface area is 64.8 Å². The zero-order valence-corrected chi connectivity index (χ0v) is 6.52. The molecule has 1 fully saturated rings. The lowest BCUT2D eigenvalue weighted by atomic mass is 10.6. The van der Waals surface area contributed by atoms with Crippen molar-refractivity contribution >= 4 is 34.4 Å². The quantitative estimate of drug-likeness (QED) is 0.543. The lowest BCUT2D eigenvalue weighted by Gasteiger charge is -2.01. The first kappa shape index (κ1) is 6.89. The zero-order chi connectivity index (χ0) is 6.85. The van der Waals surface area contributed by atoms with Crippen LogP contribution in [-0.4, -0.2) is 16.0 Å². The molecule has 0 aromatic heterocycles. The molecule has 1 aliphatic carbocycles. The normalized spacial score (nSPS) is 16.9. The van der Waals surface area contributed by atoms with Crippen LogP contribution in [0.1, 0.15) is 12.8 Å². The average molecular weight is 160 g/mol. The average Bonchev–Trinajstić information content (AvgIpc) is 2.50. The van der Waals surface area contributed by atoms with Crippen LogP contribution < -0.4 is 11.1 Å². The number of nitrogens with two attached hydrogens (primary N) is 1. The number of rotatable bonds is 1. The van der Waals surface area contributed by atoms with E-state index in [1.807, 2.05) is 0 Å². The fourth-order valence-corrected chi connectivity index (χ4v) is 0.710. The van der Waals surface area contributed by atoms with E-state index in [1.165, 1.54) is 12.8 Å². The summed E-state index contributed by atoms with van der Waals surface area (Å²) in [5, 5.41) is 3.02. The van der Waals surface area contributed by atoms with Crippen LogP contribution in [0.5, 0.6) is 0 Å². The maximum atomic E-state index is 5.24. The van der Waals surface area contributed by atoms with E-state index in [0.29, 0.717) is 16.0 Å². The predicted octanol–water partition coefficient (Wildman–Crippen LogP) is 0.352. The summed E-state index contributed by atoms with van der Waals surface area (Å²) in [6, 6.07) is 0.555. The van der Waals surface area contributed by atoms with E-state index < -0.39 is 0 Å². The molecule has 4 heteroatoms. The molecule has 1 saturated carbocycles. The molecule has 0 aromatic rings. The molecule has 0 aromatic carbocycles. The van der Waals surface area contributed by atoms with Gasteiger partial charge in [0.15, 0.2) is 0 Å². The first-order valence-corrected chi connectivity index (χ1v) is 3.62. The highest BCUT2D eigenvalue weighted by atomic mass is 32.1. The highest BCUT2D eigenvalue weighted by Gasteiger charge is 2.22. The van der Waals surface area contributed by atoms with E-state index in [-0.39, 0.29) is 0 Å². The molecule has 0 radical (unpaired) electrons. The summed E-state index contributed by atoms with van der Waals surface area (Å²) in [5.41, 5.74) is 5.24. The summed E-state index contributed by atoms with van der Waals surface area (Å²) in [5.74, 6) is 0. The van der Waals surface area contributed by atoms with Crippen molar-refractivity contribution in [2.45, 2.75) is 18.9 Å². The molecule has 1 aliphatic rings. The van der Waals surface area contributed by atoms with Crippen LogP contribution >= 0.6 is 24.4 Å². The van der Waals surface area contributed by atoms with Crippen LogP contribution in [-0.2, 0) is 0 Å². The van der Waals surface area contributed by atoms with Crippen LogP contribution in [0.3, 0.4) is 0 Å². The summed E-state index contributed by atoms with van der Waals surface area (Å²) in [6.07, 6.45) is 2.39. The Balaban J connectivity index is 2.25. The van der Waals surface area contributed by atoms with E-state index in [2.05, 4.69) is 17.5 Å². The van der Waals surface area contributed by atoms with Gasteiger partial charge in [0.1, 0.15) is 9.98 Å². The van der Waals surface area contributed by atoms with Crippen LogP contribution in [0.4, 0.5) is 0 Å². The van der Waals surface area contributed by atoms with Crippen molar-refractivity contribution in [1.82, 2.24) is 5.32 Å². The van der Waals surface area contributed by atoms with Crippen molar-refractivity contribution in [2.24, 2.45) is 5.73 Å². The molecule has 1 rings (SSSR count). The van der Waals surface area contributed by atoms with Gasteiger partial charge in [0, 0.05) is 6.04 Å². The number of hydrogen-bond acceptors (Lipinski definition) is 2. The summed E-state index contributed by atoms with van der Waals surface area (Å²) in [6.45, 7) is 0. The van der Waals surface area contributed by atoms with Crippen LogP contribution in [0.25, 0.3) is 0 Å². The van der Waals surface area contributed by atoms with Gasteiger partial charge >= 0.3 is 0 Å². The van der Waals surface area contributed by atoms with Gasteiger partial charge in [-0.1, -0.05) is 24.4 Å². The minimum Gasteiger partial charge on any atom is -0.388 e. The molecular weight excluding hydrogens is 152 g/mol. The second kappa shape index (κ2) is 2.58. The van der Waals surface area contributed by atoms with E-state index in [4.69, 9.17) is 18.0 Å². The van der Waals surface area contributed by atoms with Gasteiger partial charge in [0.2, 0.25) is 0 Å². The maximum Gasteiger partial charge on any atom is 0.134 e. The van der Waals surface area contributed by atoms with Crippen molar-refractivity contribution in [2.75, 3.05) is 0 Å². The second-order valence-corrected chi connectivity index (χ2v) is 2.96. The number of nitrogens with one attached hydrogen (secondary N) is 1. The van der Waals surface area contributed by atoms with Gasteiger partial charge in [0.05, 0.1) is 0 Å². The third kappa shape index (κ3) is 2.24. The second-order valence-electron chi connectivity index (χ2n) is 2.11. The Morgan fingerprint density at radius 3 is 2.33 bits per heavy atom. The SMILES string of the molecule is NC(=S)C(=S)NC1CC1. The fraction of sp³-hybridized carbons (Fsp3) is 0.600. The van der Waals surface area contributed by atoms with Gasteiger partial charge in [-0.15, -0.1) is 0 Å². The topological polar surface area (TPSA) is 38.0 Å². The van der Waals surface area contributed by atoms with Crippen molar-refractivity contribution in [3.05, 3.63) is 0 Å². The van der Waals surface area contributed by atoms with E-state index in [9.17, 15) is 0 Å². The third-order valence-corrected chi connectivity index (χ3v) is 1.81. The Hall–Kier alpha value is -0.220. The Morgan fingerprint density at radius 1 is 1.44 bits per heavy atom. The van der Waals surface area contributed by atoms with Crippen molar-refractivity contribution in [1.29, 1.82) is 0 Å². The first-order chi connectivity index (χ1) is 4.20. The maximum absolute atomic E-state index is 5.24. The lowest BCUT2D eigenvalue weighted by molar-refractivity contribution is 0.929. The minimum atomic E-state index is 0.303. The standard InChI is InChI=1S/C5H8N2S2/c6-4(8)5(9)7-3-1-2-3/h3H,1-2H2,(H2,6,8)(H,7,9). The molecule has 0 atom stereocenters. The van der Waals surface area contributed by atoms with Crippen LogP contribution in [0, 0.1) is 0 Å². The molecule has 0 amide bonds. The molecule has 0 heterocycles. The summed E-state index contributed by atoms with van der Waals surface area (Å²) < 4.78 is 0. The van der Waals surface area contributed by atoms with Crippen LogP contribution in [0.15, 0.2) is 0 Å². The molecular formula is C5H8N2S2. The van der Waals surface area contributed by atoms with E-state index in [1.54, 1.807) is 0 Å². The lowest BCUT2D eigenvalue weighted by Crippen LogP contribution is -2.34. The third-order valence-electron chi connectivity index (χ3n) is 1.14. The molecule has 0 bridgehead atoms. The highest BCUT2D eigenvalue weighted by molar-refractivity contribution is 7.89. The van der Waals surface area contributed by atoms with Gasteiger partial charge < -0.3 is 11.1 Å². The smallest absolute Gasteiger partial charge is 0.134 e. The molecule has 50 valence electrons. The Kier molecular flexibility index (Phi) is 1.97. The Morgan fingerprint density at radius 2 is 2.00 bits per heavy atom. The molecule has 0 aliphatic heterocycles. The van der Waals surface area contributed by atoms with Gasteiger partial charge in [0.25, 0.3) is 0 Å². The first-order valence-electron chi connectivity index (χ1n) is 2.80.